The Bertz CT molecular complexity index is 487. The van der Waals surface area contributed by atoms with Crippen LogP contribution in [0.5, 0.6) is 11.5 Å². The van der Waals surface area contributed by atoms with Gasteiger partial charge in [0.25, 0.3) is 5.91 Å². The van der Waals surface area contributed by atoms with Crippen LogP contribution in [0.2, 0.25) is 0 Å². The number of rotatable bonds is 9. The number of carbonyl (C=O) groups is 2. The van der Waals surface area contributed by atoms with Crippen molar-refractivity contribution in [2.75, 3.05) is 20.3 Å². The van der Waals surface area contributed by atoms with Crippen LogP contribution in [0, 0.1) is 0 Å². The molecule has 1 aromatic carbocycles. The van der Waals surface area contributed by atoms with E-state index >= 15 is 0 Å². The van der Waals surface area contributed by atoms with Gasteiger partial charge in [0, 0.05) is 19.0 Å². The molecule has 0 aliphatic heterocycles. The normalized spacial score (nSPS) is 10.0. The van der Waals surface area contributed by atoms with Gasteiger partial charge in [-0.1, -0.05) is 6.92 Å². The molecule has 1 aromatic rings. The van der Waals surface area contributed by atoms with Crippen LogP contribution in [0.1, 0.15) is 36.5 Å². The SMILES string of the molecule is CCCOc1cc(OC)ccc1C(=O)NCCCC(=O)O. The third-order valence-corrected chi connectivity index (χ3v) is 2.75. The molecule has 1 rings (SSSR count). The molecule has 0 bridgehead atoms. The van der Waals surface area contributed by atoms with Gasteiger partial charge in [0.05, 0.1) is 19.3 Å². The molecule has 116 valence electrons. The number of ether oxygens (including phenoxy) is 2. The van der Waals surface area contributed by atoms with E-state index in [0.29, 0.717) is 36.6 Å². The zero-order chi connectivity index (χ0) is 15.7. The Morgan fingerprint density at radius 2 is 2.10 bits per heavy atom. The molecule has 6 nitrogen and oxygen atoms in total. The van der Waals surface area contributed by atoms with Crippen LogP contribution in [0.4, 0.5) is 0 Å². The quantitative estimate of drug-likeness (QED) is 0.681. The number of methoxy groups -OCH3 is 1. The molecule has 0 saturated heterocycles. The van der Waals surface area contributed by atoms with Crippen LogP contribution >= 0.6 is 0 Å². The maximum Gasteiger partial charge on any atom is 0.303 e. The van der Waals surface area contributed by atoms with Gasteiger partial charge in [-0.15, -0.1) is 0 Å². The van der Waals surface area contributed by atoms with Gasteiger partial charge >= 0.3 is 5.97 Å². The second-order valence-corrected chi connectivity index (χ2v) is 4.46. The van der Waals surface area contributed by atoms with Crippen LogP contribution < -0.4 is 14.8 Å². The first-order valence-corrected chi connectivity index (χ1v) is 6.89. The summed E-state index contributed by atoms with van der Waals surface area (Å²) in [7, 11) is 1.55. The Kier molecular flexibility index (Phi) is 7.08. The van der Waals surface area contributed by atoms with Gasteiger partial charge in [-0.05, 0) is 25.0 Å². The van der Waals surface area contributed by atoms with Gasteiger partial charge in [-0.2, -0.15) is 0 Å². The van der Waals surface area contributed by atoms with Gasteiger partial charge < -0.3 is 19.9 Å². The molecule has 0 saturated carbocycles. The van der Waals surface area contributed by atoms with Crippen LogP contribution in [-0.2, 0) is 4.79 Å². The molecular formula is C15H21NO5. The first-order valence-electron chi connectivity index (χ1n) is 6.89. The van der Waals surface area contributed by atoms with E-state index in [-0.39, 0.29) is 12.3 Å². The Labute approximate surface area is 124 Å². The number of nitrogens with one attached hydrogen (secondary N) is 1. The average molecular weight is 295 g/mol. The number of aliphatic carboxylic acids is 1. The van der Waals surface area contributed by atoms with E-state index in [1.54, 1.807) is 25.3 Å². The predicted molar refractivity (Wildman–Crippen MR) is 78.0 cm³/mol. The minimum absolute atomic E-state index is 0.0298. The zero-order valence-corrected chi connectivity index (χ0v) is 12.3. The minimum Gasteiger partial charge on any atom is -0.497 e. The van der Waals surface area contributed by atoms with Crippen LogP contribution in [0.15, 0.2) is 18.2 Å². The van der Waals surface area contributed by atoms with Gasteiger partial charge in [-0.25, -0.2) is 0 Å². The van der Waals surface area contributed by atoms with E-state index in [1.165, 1.54) is 0 Å². The summed E-state index contributed by atoms with van der Waals surface area (Å²) in [5, 5.41) is 11.2. The fourth-order valence-electron chi connectivity index (χ4n) is 1.69. The molecule has 1 amide bonds. The third kappa shape index (κ3) is 5.72. The lowest BCUT2D eigenvalue weighted by Gasteiger charge is -2.12. The summed E-state index contributed by atoms with van der Waals surface area (Å²) in [6.07, 6.45) is 1.25. The van der Waals surface area contributed by atoms with Crippen molar-refractivity contribution < 1.29 is 24.2 Å². The van der Waals surface area contributed by atoms with Crippen molar-refractivity contribution in [2.45, 2.75) is 26.2 Å². The van der Waals surface area contributed by atoms with E-state index in [1.807, 2.05) is 6.92 Å². The number of hydrogen-bond acceptors (Lipinski definition) is 4. The summed E-state index contributed by atoms with van der Waals surface area (Å²) in [5.41, 5.74) is 0.416. The summed E-state index contributed by atoms with van der Waals surface area (Å²) in [6.45, 7) is 2.79. The first-order chi connectivity index (χ1) is 10.1. The number of carbonyl (C=O) groups excluding carboxylic acids is 1. The van der Waals surface area contributed by atoms with Gasteiger partial charge in [0.15, 0.2) is 0 Å². The predicted octanol–water partition coefficient (Wildman–Crippen LogP) is 2.08. The molecule has 0 heterocycles. The Morgan fingerprint density at radius 1 is 1.33 bits per heavy atom. The Morgan fingerprint density at radius 3 is 2.71 bits per heavy atom. The highest BCUT2D eigenvalue weighted by molar-refractivity contribution is 5.97. The van der Waals surface area contributed by atoms with E-state index < -0.39 is 5.97 Å². The van der Waals surface area contributed by atoms with E-state index in [2.05, 4.69) is 5.32 Å². The summed E-state index contributed by atoms with van der Waals surface area (Å²) >= 11 is 0. The molecule has 21 heavy (non-hydrogen) atoms. The van der Waals surface area contributed by atoms with Crippen molar-refractivity contribution in [1.82, 2.24) is 5.32 Å². The maximum atomic E-state index is 12.1. The number of carboxylic acid groups (broad SMARTS) is 1. The summed E-state index contributed by atoms with van der Waals surface area (Å²) < 4.78 is 10.7. The number of amides is 1. The van der Waals surface area contributed by atoms with Crippen molar-refractivity contribution in [2.24, 2.45) is 0 Å². The highest BCUT2D eigenvalue weighted by Crippen LogP contribution is 2.25. The topological polar surface area (TPSA) is 84.9 Å². The number of carboxylic acids is 1. The lowest BCUT2D eigenvalue weighted by molar-refractivity contribution is -0.137. The van der Waals surface area contributed by atoms with Gasteiger partial charge in [0.1, 0.15) is 11.5 Å². The number of hydrogen-bond donors (Lipinski definition) is 2. The molecule has 0 aliphatic rings. The molecule has 0 radical (unpaired) electrons. The van der Waals surface area contributed by atoms with Crippen molar-refractivity contribution in [3.05, 3.63) is 23.8 Å². The molecule has 0 fully saturated rings. The fourth-order valence-corrected chi connectivity index (χ4v) is 1.69. The molecule has 6 heteroatoms. The lowest BCUT2D eigenvalue weighted by atomic mass is 10.1. The van der Waals surface area contributed by atoms with Gasteiger partial charge in [-0.3, -0.25) is 9.59 Å². The standard InChI is InChI=1S/C15H21NO5/c1-3-9-21-13-10-11(20-2)6-7-12(13)15(19)16-8-4-5-14(17)18/h6-7,10H,3-5,8-9H2,1-2H3,(H,16,19)(H,17,18). The summed E-state index contributed by atoms with van der Waals surface area (Å²) in [5.74, 6) is -0.0784. The highest BCUT2D eigenvalue weighted by atomic mass is 16.5. The van der Waals surface area contributed by atoms with E-state index in [9.17, 15) is 9.59 Å². The molecular weight excluding hydrogens is 274 g/mol. The fraction of sp³-hybridized carbons (Fsp3) is 0.467. The van der Waals surface area contributed by atoms with Gasteiger partial charge in [0.2, 0.25) is 0 Å². The smallest absolute Gasteiger partial charge is 0.303 e. The van der Waals surface area contributed by atoms with E-state index in [4.69, 9.17) is 14.6 Å². The molecule has 2 N–H and O–H groups in total. The molecule has 0 aliphatic carbocycles. The van der Waals surface area contributed by atoms with Crippen LogP contribution in [0.3, 0.4) is 0 Å². The highest BCUT2D eigenvalue weighted by Gasteiger charge is 2.13. The first kappa shape index (κ1) is 16.8. The molecule has 0 aromatic heterocycles. The molecule has 0 spiro atoms. The summed E-state index contributed by atoms with van der Waals surface area (Å²) in [4.78, 5) is 22.5. The maximum absolute atomic E-state index is 12.1. The van der Waals surface area contributed by atoms with Crippen LogP contribution in [0.25, 0.3) is 0 Å². The largest absolute Gasteiger partial charge is 0.497 e. The Hall–Kier alpha value is -2.24. The lowest BCUT2D eigenvalue weighted by Crippen LogP contribution is -2.25. The zero-order valence-electron chi connectivity index (χ0n) is 12.3. The van der Waals surface area contributed by atoms with Crippen molar-refractivity contribution >= 4 is 11.9 Å². The monoisotopic (exact) mass is 295 g/mol. The molecule has 0 unspecified atom stereocenters. The second kappa shape index (κ2) is 8.84. The van der Waals surface area contributed by atoms with Crippen molar-refractivity contribution in [1.29, 1.82) is 0 Å². The second-order valence-electron chi connectivity index (χ2n) is 4.46. The van der Waals surface area contributed by atoms with E-state index in [0.717, 1.165) is 6.42 Å². The van der Waals surface area contributed by atoms with Crippen LogP contribution in [-0.4, -0.2) is 37.2 Å². The Balaban J connectivity index is 2.70. The molecule has 0 atom stereocenters. The van der Waals surface area contributed by atoms with Crippen molar-refractivity contribution in [3.8, 4) is 11.5 Å². The third-order valence-electron chi connectivity index (χ3n) is 2.75. The number of benzene rings is 1. The average Bonchev–Trinajstić information content (AvgIpc) is 2.48. The minimum atomic E-state index is -0.874. The van der Waals surface area contributed by atoms with Crippen molar-refractivity contribution in [3.63, 3.8) is 0 Å². The summed E-state index contributed by atoms with van der Waals surface area (Å²) in [6, 6.07) is 4.99.